The third kappa shape index (κ3) is 2.67. The van der Waals surface area contributed by atoms with E-state index in [4.69, 9.17) is 9.84 Å². The van der Waals surface area contributed by atoms with E-state index in [9.17, 15) is 9.59 Å². The SMILES string of the molecule is Cn1ncc2cc(Cn3nc4n(c3=O)C(OC(=O)O)CCC4)ccc21. The second-order valence-electron chi connectivity index (χ2n) is 6.12. The second kappa shape index (κ2) is 5.76. The maximum atomic E-state index is 12.7. The molecule has 2 aromatic heterocycles. The molecule has 3 heterocycles. The fraction of sp³-hybridized carbons (Fsp3) is 0.375. The van der Waals surface area contributed by atoms with E-state index in [2.05, 4.69) is 10.2 Å². The molecule has 0 fully saturated rings. The Labute approximate surface area is 142 Å². The highest BCUT2D eigenvalue weighted by atomic mass is 16.7. The smallest absolute Gasteiger partial charge is 0.450 e. The summed E-state index contributed by atoms with van der Waals surface area (Å²) in [5, 5.41) is 18.4. The van der Waals surface area contributed by atoms with Crippen molar-refractivity contribution in [3.63, 3.8) is 0 Å². The molecular formula is C16H17N5O4. The molecule has 1 aliphatic heterocycles. The summed E-state index contributed by atoms with van der Waals surface area (Å²) in [4.78, 5) is 23.5. The van der Waals surface area contributed by atoms with Crippen LogP contribution in [0.4, 0.5) is 4.79 Å². The molecule has 3 aromatic rings. The zero-order valence-corrected chi connectivity index (χ0v) is 13.6. The Bertz CT molecular complexity index is 1020. The van der Waals surface area contributed by atoms with Crippen molar-refractivity contribution < 1.29 is 14.6 Å². The minimum absolute atomic E-state index is 0.309. The van der Waals surface area contributed by atoms with E-state index in [1.165, 1.54) is 9.25 Å². The zero-order chi connectivity index (χ0) is 17.6. The number of aryl methyl sites for hydroxylation is 2. The van der Waals surface area contributed by atoms with Crippen LogP contribution >= 0.6 is 0 Å². The van der Waals surface area contributed by atoms with E-state index in [0.717, 1.165) is 22.9 Å². The Hall–Kier alpha value is -3.10. The molecule has 0 spiro atoms. The van der Waals surface area contributed by atoms with Crippen molar-refractivity contribution in [1.82, 2.24) is 24.1 Å². The number of nitrogens with zero attached hydrogens (tertiary/aromatic N) is 5. The van der Waals surface area contributed by atoms with Crippen molar-refractivity contribution in [2.24, 2.45) is 7.05 Å². The van der Waals surface area contributed by atoms with E-state index in [1.54, 1.807) is 10.9 Å². The summed E-state index contributed by atoms with van der Waals surface area (Å²) < 4.78 is 9.33. The topological polar surface area (TPSA) is 104 Å². The predicted octanol–water partition coefficient (Wildman–Crippen LogP) is 1.51. The summed E-state index contributed by atoms with van der Waals surface area (Å²) in [5.41, 5.74) is 1.58. The van der Waals surface area contributed by atoms with Crippen LogP contribution in [0.25, 0.3) is 10.9 Å². The first kappa shape index (κ1) is 15.4. The van der Waals surface area contributed by atoms with E-state index in [-0.39, 0.29) is 5.69 Å². The van der Waals surface area contributed by atoms with E-state index < -0.39 is 12.4 Å². The summed E-state index contributed by atoms with van der Waals surface area (Å²) in [7, 11) is 1.87. The van der Waals surface area contributed by atoms with Crippen molar-refractivity contribution in [1.29, 1.82) is 0 Å². The van der Waals surface area contributed by atoms with Crippen molar-refractivity contribution in [3.05, 3.63) is 46.3 Å². The highest BCUT2D eigenvalue weighted by Crippen LogP contribution is 2.23. The van der Waals surface area contributed by atoms with Gasteiger partial charge in [-0.1, -0.05) is 6.07 Å². The van der Waals surface area contributed by atoms with Crippen molar-refractivity contribution in [2.75, 3.05) is 0 Å². The number of rotatable bonds is 3. The molecule has 0 saturated carbocycles. The van der Waals surface area contributed by atoms with Gasteiger partial charge in [0, 0.05) is 25.3 Å². The van der Waals surface area contributed by atoms with Gasteiger partial charge in [0.1, 0.15) is 5.82 Å². The van der Waals surface area contributed by atoms with Crippen molar-refractivity contribution in [2.45, 2.75) is 32.0 Å². The lowest BCUT2D eigenvalue weighted by Gasteiger charge is -2.21. The average molecular weight is 343 g/mol. The first-order valence-electron chi connectivity index (χ1n) is 8.01. The quantitative estimate of drug-likeness (QED) is 0.723. The number of benzene rings is 1. The summed E-state index contributed by atoms with van der Waals surface area (Å²) >= 11 is 0. The number of hydrogen-bond acceptors (Lipinski definition) is 5. The molecule has 0 aliphatic carbocycles. The first-order valence-corrected chi connectivity index (χ1v) is 8.01. The molecule has 0 amide bonds. The maximum Gasteiger partial charge on any atom is 0.507 e. The Morgan fingerprint density at radius 3 is 3.08 bits per heavy atom. The number of carbonyl (C=O) groups is 1. The van der Waals surface area contributed by atoms with Crippen LogP contribution in [0, 0.1) is 0 Å². The molecule has 0 bridgehead atoms. The highest BCUT2D eigenvalue weighted by molar-refractivity contribution is 5.79. The standard InChI is InChI=1S/C16H17N5O4/c1-19-12-6-5-10(7-11(12)8-17-19)9-20-15(22)21-13(18-20)3-2-4-14(21)25-16(23)24/h5-8,14H,2-4,9H2,1H3,(H,23,24). The fourth-order valence-electron chi connectivity index (χ4n) is 3.30. The second-order valence-corrected chi connectivity index (χ2v) is 6.12. The summed E-state index contributed by atoms with van der Waals surface area (Å²) in [6, 6.07) is 5.85. The number of ether oxygens (including phenoxy) is 1. The van der Waals surface area contributed by atoms with E-state index >= 15 is 0 Å². The van der Waals surface area contributed by atoms with Gasteiger partial charge in [0.2, 0.25) is 0 Å². The van der Waals surface area contributed by atoms with Crippen LogP contribution < -0.4 is 5.69 Å². The van der Waals surface area contributed by atoms with Crippen LogP contribution in [0.15, 0.2) is 29.2 Å². The molecule has 1 N–H and O–H groups in total. The monoisotopic (exact) mass is 343 g/mol. The molecular weight excluding hydrogens is 326 g/mol. The van der Waals surface area contributed by atoms with Crippen LogP contribution in [-0.4, -0.2) is 35.4 Å². The molecule has 9 heteroatoms. The summed E-state index contributed by atoms with van der Waals surface area (Å²) in [5.74, 6) is 0.560. The summed E-state index contributed by atoms with van der Waals surface area (Å²) in [6.45, 7) is 0.309. The van der Waals surface area contributed by atoms with Crippen molar-refractivity contribution >= 4 is 17.1 Å². The van der Waals surface area contributed by atoms with Crippen molar-refractivity contribution in [3.8, 4) is 0 Å². The van der Waals surface area contributed by atoms with Gasteiger partial charge in [-0.2, -0.15) is 10.2 Å². The number of hydrogen-bond donors (Lipinski definition) is 1. The number of fused-ring (bicyclic) bond motifs is 2. The minimum Gasteiger partial charge on any atom is -0.450 e. The molecule has 25 heavy (non-hydrogen) atoms. The van der Waals surface area contributed by atoms with Gasteiger partial charge in [-0.15, -0.1) is 0 Å². The third-order valence-electron chi connectivity index (χ3n) is 4.46. The lowest BCUT2D eigenvalue weighted by atomic mass is 10.1. The Kier molecular flexibility index (Phi) is 3.56. The molecule has 9 nitrogen and oxygen atoms in total. The fourth-order valence-corrected chi connectivity index (χ4v) is 3.30. The Balaban J connectivity index is 1.68. The van der Waals surface area contributed by atoms with Gasteiger partial charge in [-0.3, -0.25) is 4.68 Å². The lowest BCUT2D eigenvalue weighted by molar-refractivity contribution is 0.00392. The maximum absolute atomic E-state index is 12.7. The van der Waals surface area contributed by atoms with Gasteiger partial charge in [-0.25, -0.2) is 18.8 Å². The van der Waals surface area contributed by atoms with Gasteiger partial charge in [-0.05, 0) is 24.1 Å². The van der Waals surface area contributed by atoms with E-state index in [1.807, 2.05) is 25.2 Å². The molecule has 4 rings (SSSR count). The lowest BCUT2D eigenvalue weighted by Crippen LogP contribution is -2.33. The van der Waals surface area contributed by atoms with Gasteiger partial charge in [0.25, 0.3) is 0 Å². The first-order chi connectivity index (χ1) is 12.0. The normalized spacial score (nSPS) is 16.8. The zero-order valence-electron chi connectivity index (χ0n) is 13.6. The minimum atomic E-state index is -1.39. The molecule has 130 valence electrons. The summed E-state index contributed by atoms with van der Waals surface area (Å²) in [6.07, 6.45) is 1.42. The van der Waals surface area contributed by atoms with Crippen LogP contribution in [-0.2, 0) is 24.8 Å². The largest absolute Gasteiger partial charge is 0.507 e. The van der Waals surface area contributed by atoms with Crippen LogP contribution in [0.5, 0.6) is 0 Å². The molecule has 0 radical (unpaired) electrons. The molecule has 1 unspecified atom stereocenters. The molecule has 1 aromatic carbocycles. The van der Waals surface area contributed by atoms with Gasteiger partial charge in [0.05, 0.1) is 18.3 Å². The molecule has 0 saturated heterocycles. The van der Waals surface area contributed by atoms with Crippen LogP contribution in [0.3, 0.4) is 0 Å². The number of carboxylic acid groups (broad SMARTS) is 1. The Morgan fingerprint density at radius 2 is 2.28 bits per heavy atom. The Morgan fingerprint density at radius 1 is 1.44 bits per heavy atom. The van der Waals surface area contributed by atoms with Gasteiger partial charge >= 0.3 is 11.8 Å². The van der Waals surface area contributed by atoms with E-state index in [0.29, 0.717) is 25.2 Å². The van der Waals surface area contributed by atoms with Gasteiger partial charge in [0.15, 0.2) is 6.23 Å². The van der Waals surface area contributed by atoms with Crippen LogP contribution in [0.1, 0.15) is 30.5 Å². The highest BCUT2D eigenvalue weighted by Gasteiger charge is 2.28. The molecule has 1 aliphatic rings. The van der Waals surface area contributed by atoms with Gasteiger partial charge < -0.3 is 9.84 Å². The molecule has 1 atom stereocenters. The predicted molar refractivity (Wildman–Crippen MR) is 87.4 cm³/mol. The van der Waals surface area contributed by atoms with Crippen LogP contribution in [0.2, 0.25) is 0 Å². The number of aromatic nitrogens is 5. The average Bonchev–Trinajstić information content (AvgIpc) is 3.09. The third-order valence-corrected chi connectivity index (χ3v) is 4.46.